The third-order valence-electron chi connectivity index (χ3n) is 2.58. The number of rotatable bonds is 4. The van der Waals surface area contributed by atoms with Crippen molar-refractivity contribution in [2.24, 2.45) is 11.8 Å². The lowest BCUT2D eigenvalue weighted by Gasteiger charge is -2.15. The van der Waals surface area contributed by atoms with E-state index in [1.165, 1.54) is 4.57 Å². The van der Waals surface area contributed by atoms with Crippen molar-refractivity contribution in [2.45, 2.75) is 47.7 Å². The summed E-state index contributed by atoms with van der Waals surface area (Å²) in [6.07, 6.45) is 0. The Morgan fingerprint density at radius 2 is 1.47 bits per heavy atom. The summed E-state index contributed by atoms with van der Waals surface area (Å²) >= 11 is 0. The molecule has 17 heavy (non-hydrogen) atoms. The fourth-order valence-electron chi connectivity index (χ4n) is 1.85. The van der Waals surface area contributed by atoms with Crippen LogP contribution >= 0.6 is 0 Å². The molecule has 0 aromatic carbocycles. The van der Waals surface area contributed by atoms with Crippen molar-refractivity contribution in [3.8, 4) is 0 Å². The molecule has 0 atom stereocenters. The lowest BCUT2D eigenvalue weighted by Crippen LogP contribution is -2.42. The highest BCUT2D eigenvalue weighted by atomic mass is 16.2. The number of nitrogens with zero attached hydrogens (tertiary/aromatic N) is 2. The SMILES string of the molecule is Cc1cc(=O)n(CC(C)C)c(=O)n1CC(C)C. The normalized spacial score (nSPS) is 11.5. The third-order valence-corrected chi connectivity index (χ3v) is 2.58. The van der Waals surface area contributed by atoms with Crippen LogP contribution in [0.15, 0.2) is 15.7 Å². The van der Waals surface area contributed by atoms with Gasteiger partial charge in [0.1, 0.15) is 0 Å². The second-order valence-electron chi connectivity index (χ2n) is 5.42. The van der Waals surface area contributed by atoms with Gasteiger partial charge in [-0.25, -0.2) is 4.79 Å². The van der Waals surface area contributed by atoms with E-state index >= 15 is 0 Å². The molecule has 0 radical (unpaired) electrons. The fraction of sp³-hybridized carbons (Fsp3) is 0.692. The summed E-state index contributed by atoms with van der Waals surface area (Å²) < 4.78 is 3.02. The first kappa shape index (κ1) is 13.7. The van der Waals surface area contributed by atoms with Gasteiger partial charge in [-0.15, -0.1) is 0 Å². The molecule has 1 rings (SSSR count). The van der Waals surface area contributed by atoms with Crippen molar-refractivity contribution in [1.29, 1.82) is 0 Å². The molecule has 0 amide bonds. The molecule has 0 N–H and O–H groups in total. The molecule has 1 aromatic heterocycles. The van der Waals surface area contributed by atoms with Crippen molar-refractivity contribution >= 4 is 0 Å². The van der Waals surface area contributed by atoms with Crippen LogP contribution in [0.5, 0.6) is 0 Å². The molecule has 96 valence electrons. The summed E-state index contributed by atoms with van der Waals surface area (Å²) in [6.45, 7) is 11.1. The molecule has 1 aromatic rings. The monoisotopic (exact) mass is 238 g/mol. The van der Waals surface area contributed by atoms with Gasteiger partial charge >= 0.3 is 5.69 Å². The zero-order valence-corrected chi connectivity index (χ0v) is 11.4. The predicted octanol–water partition coefficient (Wildman–Crippen LogP) is 1.63. The van der Waals surface area contributed by atoms with Gasteiger partial charge in [-0.05, 0) is 18.8 Å². The van der Waals surface area contributed by atoms with E-state index < -0.39 is 0 Å². The Hall–Kier alpha value is -1.32. The molecule has 0 saturated carbocycles. The van der Waals surface area contributed by atoms with Crippen LogP contribution < -0.4 is 11.2 Å². The van der Waals surface area contributed by atoms with Crippen LogP contribution in [0.2, 0.25) is 0 Å². The standard InChI is InChI=1S/C13H22N2O2/c1-9(2)7-14-11(5)6-12(16)15(13(14)17)8-10(3)4/h6,9-10H,7-8H2,1-5H3. The minimum atomic E-state index is -0.193. The maximum atomic E-state index is 12.2. The largest absolute Gasteiger partial charge is 0.331 e. The molecule has 0 fully saturated rings. The predicted molar refractivity (Wildman–Crippen MR) is 69.4 cm³/mol. The fourth-order valence-corrected chi connectivity index (χ4v) is 1.85. The van der Waals surface area contributed by atoms with E-state index in [4.69, 9.17) is 0 Å². The van der Waals surface area contributed by atoms with E-state index in [1.54, 1.807) is 10.6 Å². The maximum Gasteiger partial charge on any atom is 0.331 e. The molecule has 0 saturated heterocycles. The van der Waals surface area contributed by atoms with Crippen LogP contribution in [0.3, 0.4) is 0 Å². The Morgan fingerprint density at radius 1 is 1.00 bits per heavy atom. The average Bonchev–Trinajstić information content (AvgIpc) is 2.18. The van der Waals surface area contributed by atoms with Gasteiger partial charge in [-0.1, -0.05) is 27.7 Å². The topological polar surface area (TPSA) is 44.0 Å². The quantitative estimate of drug-likeness (QED) is 0.800. The Bertz CT molecular complexity index is 495. The van der Waals surface area contributed by atoms with Crippen LogP contribution in [-0.2, 0) is 13.1 Å². The van der Waals surface area contributed by atoms with Gasteiger partial charge in [0.25, 0.3) is 5.56 Å². The summed E-state index contributed by atoms with van der Waals surface area (Å²) in [5.41, 5.74) is 0.368. The van der Waals surface area contributed by atoms with Gasteiger partial charge in [-0.3, -0.25) is 13.9 Å². The second-order valence-corrected chi connectivity index (χ2v) is 5.42. The minimum Gasteiger partial charge on any atom is -0.298 e. The first-order valence-corrected chi connectivity index (χ1v) is 6.14. The van der Waals surface area contributed by atoms with Gasteiger partial charge in [0.15, 0.2) is 0 Å². The van der Waals surface area contributed by atoms with Crippen molar-refractivity contribution in [3.63, 3.8) is 0 Å². The van der Waals surface area contributed by atoms with Crippen molar-refractivity contribution < 1.29 is 0 Å². The Kier molecular flexibility index (Phi) is 4.32. The molecule has 4 heteroatoms. The first-order valence-electron chi connectivity index (χ1n) is 6.14. The Morgan fingerprint density at radius 3 is 1.94 bits per heavy atom. The van der Waals surface area contributed by atoms with Crippen molar-refractivity contribution in [2.75, 3.05) is 0 Å². The summed E-state index contributed by atoms with van der Waals surface area (Å²) in [5.74, 6) is 0.673. The molecule has 0 bridgehead atoms. The molecule has 0 aliphatic rings. The Balaban J connectivity index is 3.33. The van der Waals surface area contributed by atoms with Crippen molar-refractivity contribution in [3.05, 3.63) is 32.6 Å². The van der Waals surface area contributed by atoms with E-state index in [1.807, 2.05) is 20.8 Å². The van der Waals surface area contributed by atoms with E-state index in [-0.39, 0.29) is 17.2 Å². The highest BCUT2D eigenvalue weighted by Crippen LogP contribution is 2.00. The number of hydrogen-bond donors (Lipinski definition) is 0. The van der Waals surface area contributed by atoms with E-state index in [2.05, 4.69) is 13.8 Å². The average molecular weight is 238 g/mol. The van der Waals surface area contributed by atoms with Gasteiger partial charge in [0.05, 0.1) is 0 Å². The van der Waals surface area contributed by atoms with Gasteiger partial charge < -0.3 is 0 Å². The third kappa shape index (κ3) is 3.32. The molecule has 0 aliphatic carbocycles. The van der Waals surface area contributed by atoms with Crippen molar-refractivity contribution in [1.82, 2.24) is 9.13 Å². The number of hydrogen-bond acceptors (Lipinski definition) is 2. The van der Waals surface area contributed by atoms with Crippen LogP contribution in [0.1, 0.15) is 33.4 Å². The maximum absolute atomic E-state index is 12.2. The lowest BCUT2D eigenvalue weighted by atomic mass is 10.2. The first-order chi connectivity index (χ1) is 7.82. The highest BCUT2D eigenvalue weighted by Gasteiger charge is 2.10. The smallest absolute Gasteiger partial charge is 0.298 e. The molecule has 4 nitrogen and oxygen atoms in total. The highest BCUT2D eigenvalue weighted by molar-refractivity contribution is 5.00. The van der Waals surface area contributed by atoms with E-state index in [9.17, 15) is 9.59 Å². The summed E-state index contributed by atoms with van der Waals surface area (Å²) in [4.78, 5) is 24.0. The van der Waals surface area contributed by atoms with Gasteiger partial charge in [0, 0.05) is 24.8 Å². The summed E-state index contributed by atoms with van der Waals surface area (Å²) in [5, 5.41) is 0. The van der Waals surface area contributed by atoms with Crippen LogP contribution in [0, 0.1) is 18.8 Å². The lowest BCUT2D eigenvalue weighted by molar-refractivity contribution is 0.435. The molecular formula is C13H22N2O2. The zero-order valence-electron chi connectivity index (χ0n) is 11.4. The number of aromatic nitrogens is 2. The van der Waals surface area contributed by atoms with E-state index in [0.717, 1.165) is 5.69 Å². The van der Waals surface area contributed by atoms with E-state index in [0.29, 0.717) is 19.0 Å². The number of aryl methyl sites for hydroxylation is 1. The van der Waals surface area contributed by atoms with Gasteiger partial charge in [-0.2, -0.15) is 0 Å². The van der Waals surface area contributed by atoms with Crippen LogP contribution in [-0.4, -0.2) is 9.13 Å². The Labute approximate surface area is 102 Å². The molecule has 0 aliphatic heterocycles. The molecule has 0 unspecified atom stereocenters. The zero-order chi connectivity index (χ0) is 13.2. The summed E-state index contributed by atoms with van der Waals surface area (Å²) in [7, 11) is 0. The minimum absolute atomic E-state index is 0.183. The van der Waals surface area contributed by atoms with Crippen LogP contribution in [0.25, 0.3) is 0 Å². The summed E-state index contributed by atoms with van der Waals surface area (Å²) in [6, 6.07) is 1.55. The molecule has 0 spiro atoms. The molecule has 1 heterocycles. The second kappa shape index (κ2) is 5.34. The molecular weight excluding hydrogens is 216 g/mol. The van der Waals surface area contributed by atoms with Gasteiger partial charge in [0.2, 0.25) is 0 Å². The van der Waals surface area contributed by atoms with Crippen LogP contribution in [0.4, 0.5) is 0 Å².